The van der Waals surface area contributed by atoms with Crippen molar-refractivity contribution in [3.8, 4) is 0 Å². The molecule has 25 heteroatoms. The number of ether oxygens (including phenoxy) is 2. The summed E-state index contributed by atoms with van der Waals surface area (Å²) >= 11 is 0. The Bertz CT molecular complexity index is 2340. The van der Waals surface area contributed by atoms with E-state index >= 15 is 4.39 Å². The molecule has 2 fully saturated rings. The number of halogens is 2. The molecule has 4 aromatic heterocycles. The summed E-state index contributed by atoms with van der Waals surface area (Å²) in [6.07, 6.45) is -5.29. The first kappa shape index (κ1) is 42.4. The van der Waals surface area contributed by atoms with E-state index in [9.17, 15) is 28.2 Å². The van der Waals surface area contributed by atoms with Gasteiger partial charge in [0.2, 0.25) is 0 Å². The van der Waals surface area contributed by atoms with Crippen molar-refractivity contribution in [3.05, 3.63) is 97.1 Å². The molecule has 0 bridgehead atoms. The standard InChI is InChI=1S/C18H17FN5O5P.C17H15FN5O6P/c1-2-11-14(29-30(26)27)12(19)18(28-11)24-9-22-13-15(20-8-21-16(13)24)23-17(25)10-6-4-3-5-7-10;18-11-13(29-30(26)27)10(6-24)28-17(11)23-8-21-12-14(19-7-20-15(12)23)22-16(25)9-4-2-1-3-5-9/h3-9,11-12,14,18H,2H2,1H3,(H-,20,21,23,25,26,27);1-5,7-8,10-11,13,17,24H,6H2,(H-,19,20,22,25,26,27)/p+2/t11-,12-,14-,18-;10-,11-,13-,17-/m11/s1. The molecule has 312 valence electrons. The SMILES string of the molecule is CC[C@H]1O[C@@H](n2cnc3c(NC(=O)c4ccccc4)ncnc32)[C@H](F)[C@@H]1O[P+](=O)O.O=C(Nc1ncnc2c1ncn2[C@@H]1O[C@H](CO)[C@@H](O[P+](=O)O)[C@H]1F)c1ccccc1. The molecule has 6 aromatic rings. The van der Waals surface area contributed by atoms with Crippen molar-refractivity contribution in [2.24, 2.45) is 0 Å². The van der Waals surface area contributed by atoms with Gasteiger partial charge in [-0.3, -0.25) is 18.7 Å². The van der Waals surface area contributed by atoms with Crippen molar-refractivity contribution in [3.63, 3.8) is 0 Å². The maximum atomic E-state index is 15.0. The molecule has 21 nitrogen and oxygen atoms in total. The van der Waals surface area contributed by atoms with Gasteiger partial charge in [-0.2, -0.15) is 0 Å². The topological polar surface area (TPSA) is 277 Å². The molecule has 2 aliphatic rings. The van der Waals surface area contributed by atoms with Crippen molar-refractivity contribution in [1.82, 2.24) is 39.0 Å². The van der Waals surface area contributed by atoms with E-state index in [4.69, 9.17) is 23.8 Å². The Labute approximate surface area is 338 Å². The minimum absolute atomic E-state index is 0.117. The predicted molar refractivity (Wildman–Crippen MR) is 204 cm³/mol. The van der Waals surface area contributed by atoms with E-state index in [0.717, 1.165) is 0 Å². The highest BCUT2D eigenvalue weighted by molar-refractivity contribution is 7.32. The summed E-state index contributed by atoms with van der Waals surface area (Å²) in [7, 11) is -6.08. The third-order valence-corrected chi connectivity index (χ3v) is 10.2. The Kier molecular flexibility index (Phi) is 13.2. The number of carbonyl (C=O) groups excluding carboxylic acids is 2. The van der Waals surface area contributed by atoms with Crippen LogP contribution < -0.4 is 10.6 Å². The van der Waals surface area contributed by atoms with Gasteiger partial charge >= 0.3 is 16.5 Å². The molecule has 0 spiro atoms. The van der Waals surface area contributed by atoms with Crippen LogP contribution in [0.5, 0.6) is 0 Å². The summed E-state index contributed by atoms with van der Waals surface area (Å²) in [6.45, 7) is 1.14. The third-order valence-electron chi connectivity index (χ3n) is 9.34. The largest absolute Gasteiger partial charge is 0.695 e. The number of rotatable bonds is 12. The number of hydrogen-bond acceptors (Lipinski definition) is 15. The number of aliphatic hydroxyl groups is 1. The molecule has 5 N–H and O–H groups in total. The summed E-state index contributed by atoms with van der Waals surface area (Å²) in [5.41, 5.74) is 1.70. The minimum Gasteiger partial charge on any atom is -0.394 e. The zero-order valence-electron chi connectivity index (χ0n) is 31.0. The van der Waals surface area contributed by atoms with Crippen molar-refractivity contribution in [2.45, 2.75) is 62.6 Å². The molecule has 2 unspecified atom stereocenters. The van der Waals surface area contributed by atoms with Crippen molar-refractivity contribution in [1.29, 1.82) is 0 Å². The number of alkyl halides is 2. The highest BCUT2D eigenvalue weighted by Crippen LogP contribution is 2.41. The number of carbonyl (C=O) groups is 2. The first-order valence-electron chi connectivity index (χ1n) is 17.9. The van der Waals surface area contributed by atoms with Gasteiger partial charge in [-0.1, -0.05) is 43.3 Å². The van der Waals surface area contributed by atoms with Crippen LogP contribution in [0, 0.1) is 0 Å². The van der Waals surface area contributed by atoms with E-state index in [1.165, 1.54) is 34.4 Å². The predicted octanol–water partition coefficient (Wildman–Crippen LogP) is 4.10. The number of aliphatic hydroxyl groups excluding tert-OH is 1. The summed E-state index contributed by atoms with van der Waals surface area (Å²) in [5, 5.41) is 14.7. The van der Waals surface area contributed by atoms with Crippen LogP contribution >= 0.6 is 16.5 Å². The molecule has 6 heterocycles. The smallest absolute Gasteiger partial charge is 0.394 e. The molecule has 2 amide bonds. The van der Waals surface area contributed by atoms with Crippen LogP contribution in [0.15, 0.2) is 86.0 Å². The van der Waals surface area contributed by atoms with Gasteiger partial charge in [-0.25, -0.2) is 38.7 Å². The van der Waals surface area contributed by atoms with Crippen LogP contribution in [-0.4, -0.2) is 109 Å². The zero-order chi connectivity index (χ0) is 42.5. The first-order chi connectivity index (χ1) is 29.0. The monoisotopic (exact) mass is 870 g/mol. The quantitative estimate of drug-likeness (QED) is 0.108. The average molecular weight is 871 g/mol. The van der Waals surface area contributed by atoms with Crippen LogP contribution in [0.4, 0.5) is 20.4 Å². The number of fused-ring (bicyclic) bond motifs is 2. The molecular formula is C35H34F2N10O11P2+2. The normalized spacial score (nSPS) is 24.2. The zero-order valence-corrected chi connectivity index (χ0v) is 32.7. The highest BCUT2D eigenvalue weighted by Gasteiger charge is 2.52. The van der Waals surface area contributed by atoms with Crippen LogP contribution in [0.1, 0.15) is 46.5 Å². The molecule has 2 aromatic carbocycles. The number of anilines is 2. The number of nitrogens with one attached hydrogen (secondary N) is 2. The Hall–Kier alpha value is -5.74. The van der Waals surface area contributed by atoms with Gasteiger partial charge in [0.1, 0.15) is 18.8 Å². The highest BCUT2D eigenvalue weighted by atomic mass is 31.1. The van der Waals surface area contributed by atoms with Crippen molar-refractivity contribution >= 4 is 62.3 Å². The van der Waals surface area contributed by atoms with Crippen LogP contribution in [0.25, 0.3) is 22.3 Å². The second-order valence-electron chi connectivity index (χ2n) is 13.0. The number of nitrogens with zero attached hydrogens (tertiary/aromatic N) is 8. The van der Waals surface area contributed by atoms with Crippen molar-refractivity contribution in [2.75, 3.05) is 17.2 Å². The van der Waals surface area contributed by atoms with Crippen LogP contribution in [0.2, 0.25) is 0 Å². The van der Waals surface area contributed by atoms with Gasteiger partial charge < -0.3 is 25.2 Å². The molecule has 2 aliphatic heterocycles. The summed E-state index contributed by atoms with van der Waals surface area (Å²) < 4.78 is 75.3. The maximum absolute atomic E-state index is 15.0. The lowest BCUT2D eigenvalue weighted by atomic mass is 10.1. The number of hydrogen-bond donors (Lipinski definition) is 5. The Balaban J connectivity index is 0.000000181. The molecular weight excluding hydrogens is 836 g/mol. The van der Waals surface area contributed by atoms with Crippen LogP contribution in [0.3, 0.4) is 0 Å². The molecule has 8 rings (SSSR count). The lowest BCUT2D eigenvalue weighted by Crippen LogP contribution is -2.32. The fourth-order valence-electron chi connectivity index (χ4n) is 6.57. The molecule has 10 atom stereocenters. The lowest BCUT2D eigenvalue weighted by molar-refractivity contribution is -0.0436. The minimum atomic E-state index is -3.10. The number of amides is 2. The Morgan fingerprint density at radius 1 is 0.700 bits per heavy atom. The number of aromatic nitrogens is 8. The van der Waals surface area contributed by atoms with Gasteiger partial charge in [0.25, 0.3) is 11.8 Å². The lowest BCUT2D eigenvalue weighted by Gasteiger charge is -2.15. The Morgan fingerprint density at radius 2 is 1.12 bits per heavy atom. The van der Waals surface area contributed by atoms with E-state index in [0.29, 0.717) is 17.5 Å². The van der Waals surface area contributed by atoms with E-state index in [1.54, 1.807) is 67.6 Å². The van der Waals surface area contributed by atoms with Gasteiger partial charge in [-0.15, -0.1) is 18.8 Å². The summed E-state index contributed by atoms with van der Waals surface area (Å²) in [5.74, 6) is -0.506. The van der Waals surface area contributed by atoms with E-state index in [-0.39, 0.29) is 39.9 Å². The summed E-state index contributed by atoms with van der Waals surface area (Å²) in [4.78, 5) is 67.5. The molecule has 60 heavy (non-hydrogen) atoms. The number of imidazole rings is 2. The Morgan fingerprint density at radius 3 is 1.52 bits per heavy atom. The first-order valence-corrected chi connectivity index (χ1v) is 20.2. The third kappa shape index (κ3) is 8.89. The van der Waals surface area contributed by atoms with Gasteiger partial charge in [0.15, 0.2) is 71.0 Å². The second kappa shape index (κ2) is 18.7. The van der Waals surface area contributed by atoms with Gasteiger partial charge in [0.05, 0.1) is 25.4 Å². The molecule has 0 saturated carbocycles. The fraction of sp³-hybridized carbons (Fsp3) is 0.314. The molecule has 0 radical (unpaired) electrons. The van der Waals surface area contributed by atoms with Gasteiger partial charge in [-0.05, 0) is 30.7 Å². The second-order valence-corrected chi connectivity index (χ2v) is 14.3. The van der Waals surface area contributed by atoms with E-state index < -0.39 is 78.2 Å². The van der Waals surface area contributed by atoms with Gasteiger partial charge in [0, 0.05) is 20.3 Å². The molecule has 0 aliphatic carbocycles. The maximum Gasteiger partial charge on any atom is 0.695 e. The van der Waals surface area contributed by atoms with E-state index in [2.05, 4.69) is 45.1 Å². The fourth-order valence-corrected chi connectivity index (χ4v) is 7.49. The summed E-state index contributed by atoms with van der Waals surface area (Å²) in [6, 6.07) is 17.1. The van der Waals surface area contributed by atoms with Crippen molar-refractivity contribution < 1.29 is 60.9 Å². The number of benzene rings is 2. The average Bonchev–Trinajstić information content (AvgIpc) is 4.03. The van der Waals surface area contributed by atoms with E-state index in [1.807, 2.05) is 0 Å². The van der Waals surface area contributed by atoms with Crippen LogP contribution in [-0.2, 0) is 27.7 Å². The molecule has 2 saturated heterocycles.